The van der Waals surface area contributed by atoms with E-state index in [-0.39, 0.29) is 0 Å². The first-order valence-electron chi connectivity index (χ1n) is 7.15. The Bertz CT molecular complexity index is 728. The van der Waals surface area contributed by atoms with E-state index >= 15 is 0 Å². The van der Waals surface area contributed by atoms with E-state index in [1.807, 2.05) is 25.1 Å². The average molecular weight is 298 g/mol. The molecule has 1 aliphatic heterocycles. The van der Waals surface area contributed by atoms with E-state index in [2.05, 4.69) is 9.88 Å². The lowest BCUT2D eigenvalue weighted by molar-refractivity contribution is 0.0695. The van der Waals surface area contributed by atoms with Crippen molar-refractivity contribution in [2.45, 2.75) is 26.6 Å². The molecule has 0 saturated heterocycles. The molecular weight excluding hydrogens is 280 g/mol. The maximum absolute atomic E-state index is 11.3. The first-order valence-corrected chi connectivity index (χ1v) is 7.15. The number of aromatic nitrogens is 1. The van der Waals surface area contributed by atoms with E-state index in [4.69, 9.17) is 4.74 Å². The predicted molar refractivity (Wildman–Crippen MR) is 81.9 cm³/mol. The number of fused-ring (bicyclic) bond motifs is 1. The van der Waals surface area contributed by atoms with Crippen LogP contribution in [0.15, 0.2) is 30.3 Å². The Morgan fingerprint density at radius 2 is 2.14 bits per heavy atom. The van der Waals surface area contributed by atoms with Gasteiger partial charge in [-0.2, -0.15) is 0 Å². The minimum Gasteiger partial charge on any atom is -0.481 e. The first kappa shape index (κ1) is 14.5. The van der Waals surface area contributed by atoms with Gasteiger partial charge in [-0.25, -0.2) is 9.78 Å². The monoisotopic (exact) mass is 298 g/mol. The average Bonchev–Trinajstić information content (AvgIpc) is 2.91. The van der Waals surface area contributed by atoms with Gasteiger partial charge in [0.2, 0.25) is 5.88 Å². The molecule has 1 aromatic carbocycles. The number of rotatable bonds is 4. The third kappa shape index (κ3) is 2.67. The van der Waals surface area contributed by atoms with Gasteiger partial charge in [0.1, 0.15) is 0 Å². The highest BCUT2D eigenvalue weighted by molar-refractivity contribution is 5.90. The van der Waals surface area contributed by atoms with Crippen LogP contribution >= 0.6 is 0 Å². The number of aromatic carboxylic acids is 1. The van der Waals surface area contributed by atoms with E-state index in [9.17, 15) is 9.90 Å². The van der Waals surface area contributed by atoms with Crippen LogP contribution in [0.3, 0.4) is 0 Å². The van der Waals surface area contributed by atoms with Gasteiger partial charge >= 0.3 is 5.97 Å². The van der Waals surface area contributed by atoms with Crippen molar-refractivity contribution < 1.29 is 14.6 Å². The Balaban J connectivity index is 1.79. The van der Waals surface area contributed by atoms with Crippen molar-refractivity contribution in [1.29, 1.82) is 0 Å². The number of carboxylic acid groups (broad SMARTS) is 1. The zero-order chi connectivity index (χ0) is 15.7. The van der Waals surface area contributed by atoms with Crippen LogP contribution in [0.5, 0.6) is 5.88 Å². The second kappa shape index (κ2) is 5.77. The molecule has 3 rings (SSSR count). The molecule has 0 amide bonds. The Hall–Kier alpha value is -2.40. The van der Waals surface area contributed by atoms with Gasteiger partial charge in [-0.3, -0.25) is 4.90 Å². The predicted octanol–water partition coefficient (Wildman–Crippen LogP) is 2.61. The molecule has 22 heavy (non-hydrogen) atoms. The van der Waals surface area contributed by atoms with E-state index in [0.717, 1.165) is 28.9 Å². The van der Waals surface area contributed by atoms with Crippen molar-refractivity contribution in [2.75, 3.05) is 7.11 Å². The normalized spacial score (nSPS) is 13.9. The van der Waals surface area contributed by atoms with Gasteiger partial charge in [0.15, 0.2) is 0 Å². The van der Waals surface area contributed by atoms with Crippen molar-refractivity contribution in [2.24, 2.45) is 0 Å². The van der Waals surface area contributed by atoms with Crippen LogP contribution in [-0.4, -0.2) is 28.1 Å². The number of methoxy groups -OCH3 is 1. The first-order chi connectivity index (χ1) is 10.6. The summed E-state index contributed by atoms with van der Waals surface area (Å²) in [6.07, 6.45) is 0. The summed E-state index contributed by atoms with van der Waals surface area (Å²) in [7, 11) is 1.62. The third-order valence-corrected chi connectivity index (χ3v) is 3.97. The Morgan fingerprint density at radius 1 is 1.32 bits per heavy atom. The number of carbonyl (C=O) groups is 1. The van der Waals surface area contributed by atoms with E-state index in [0.29, 0.717) is 24.5 Å². The second-order valence-corrected chi connectivity index (χ2v) is 5.52. The molecule has 0 bridgehead atoms. The minimum atomic E-state index is -0.867. The number of aryl methyl sites for hydroxylation is 1. The van der Waals surface area contributed by atoms with Gasteiger partial charge in [0, 0.05) is 25.2 Å². The zero-order valence-electron chi connectivity index (χ0n) is 12.7. The Labute approximate surface area is 129 Å². The summed E-state index contributed by atoms with van der Waals surface area (Å²) in [4.78, 5) is 18.0. The van der Waals surface area contributed by atoms with Crippen molar-refractivity contribution in [3.05, 3.63) is 58.3 Å². The van der Waals surface area contributed by atoms with Crippen LogP contribution in [0.2, 0.25) is 0 Å². The summed E-state index contributed by atoms with van der Waals surface area (Å²) in [6.45, 7) is 4.01. The summed E-state index contributed by atoms with van der Waals surface area (Å²) < 4.78 is 5.26. The lowest BCUT2D eigenvalue weighted by atomic mass is 10.0. The van der Waals surface area contributed by atoms with Gasteiger partial charge in [-0.15, -0.1) is 0 Å². The fourth-order valence-electron chi connectivity index (χ4n) is 2.87. The second-order valence-electron chi connectivity index (χ2n) is 5.52. The van der Waals surface area contributed by atoms with Crippen molar-refractivity contribution in [3.8, 4) is 5.88 Å². The maximum Gasteiger partial charge on any atom is 0.336 e. The maximum atomic E-state index is 11.3. The molecule has 2 aromatic rings. The number of ether oxygens (including phenoxy) is 1. The third-order valence-electron chi connectivity index (χ3n) is 3.97. The van der Waals surface area contributed by atoms with E-state index in [1.54, 1.807) is 19.2 Å². The molecule has 1 N–H and O–H groups in total. The van der Waals surface area contributed by atoms with Gasteiger partial charge < -0.3 is 9.84 Å². The molecule has 0 saturated carbocycles. The summed E-state index contributed by atoms with van der Waals surface area (Å²) in [6, 6.07) is 9.44. The van der Waals surface area contributed by atoms with Crippen LogP contribution < -0.4 is 4.74 Å². The molecule has 0 atom stereocenters. The summed E-state index contributed by atoms with van der Waals surface area (Å²) in [5, 5.41) is 9.28. The SMILES string of the molecule is COc1nc(CN2Cc3cccc(C(=O)O)c3C2)ccc1C. The van der Waals surface area contributed by atoms with Crippen LogP contribution in [-0.2, 0) is 19.6 Å². The van der Waals surface area contributed by atoms with Crippen molar-refractivity contribution >= 4 is 5.97 Å². The number of benzene rings is 1. The van der Waals surface area contributed by atoms with Crippen LogP contribution in [0.4, 0.5) is 0 Å². The minimum absolute atomic E-state index is 0.398. The fourth-order valence-corrected chi connectivity index (χ4v) is 2.87. The topological polar surface area (TPSA) is 62.7 Å². The van der Waals surface area contributed by atoms with Crippen molar-refractivity contribution in [1.82, 2.24) is 9.88 Å². The molecular formula is C17H18N2O3. The fraction of sp³-hybridized carbons (Fsp3) is 0.294. The molecule has 5 nitrogen and oxygen atoms in total. The van der Waals surface area contributed by atoms with Crippen molar-refractivity contribution in [3.63, 3.8) is 0 Å². The number of hydrogen-bond acceptors (Lipinski definition) is 4. The molecule has 0 aliphatic carbocycles. The lowest BCUT2D eigenvalue weighted by Crippen LogP contribution is -2.17. The number of pyridine rings is 1. The summed E-state index contributed by atoms with van der Waals surface area (Å²) in [5.74, 6) is -0.228. The number of carboxylic acids is 1. The van der Waals surface area contributed by atoms with Gasteiger partial charge in [0.05, 0.1) is 18.4 Å². The molecule has 114 valence electrons. The molecule has 0 spiro atoms. The lowest BCUT2D eigenvalue weighted by Gasteiger charge is -2.15. The quantitative estimate of drug-likeness (QED) is 0.940. The van der Waals surface area contributed by atoms with Gasteiger partial charge in [-0.1, -0.05) is 18.2 Å². The van der Waals surface area contributed by atoms with Crippen LogP contribution in [0.25, 0.3) is 0 Å². The highest BCUT2D eigenvalue weighted by atomic mass is 16.5. The smallest absolute Gasteiger partial charge is 0.336 e. The molecule has 5 heteroatoms. The highest BCUT2D eigenvalue weighted by Crippen LogP contribution is 2.27. The molecule has 1 aliphatic rings. The summed E-state index contributed by atoms with van der Waals surface area (Å²) in [5.41, 5.74) is 4.32. The molecule has 1 aromatic heterocycles. The molecule has 0 fully saturated rings. The molecule has 2 heterocycles. The standard InChI is InChI=1S/C17H18N2O3/c1-11-6-7-13(18-16(11)22-2)9-19-8-12-4-3-5-14(17(20)21)15(12)10-19/h3-7H,8-10H2,1-2H3,(H,20,21). The molecule has 0 unspecified atom stereocenters. The Kier molecular flexibility index (Phi) is 3.81. The van der Waals surface area contributed by atoms with Gasteiger partial charge in [-0.05, 0) is 30.2 Å². The summed E-state index contributed by atoms with van der Waals surface area (Å²) >= 11 is 0. The largest absolute Gasteiger partial charge is 0.481 e. The van der Waals surface area contributed by atoms with E-state index < -0.39 is 5.97 Å². The Morgan fingerprint density at radius 3 is 2.86 bits per heavy atom. The van der Waals surface area contributed by atoms with Gasteiger partial charge in [0.25, 0.3) is 0 Å². The number of nitrogens with zero attached hydrogens (tertiary/aromatic N) is 2. The van der Waals surface area contributed by atoms with E-state index in [1.165, 1.54) is 0 Å². The van der Waals surface area contributed by atoms with Crippen LogP contribution in [0, 0.1) is 6.92 Å². The highest BCUT2D eigenvalue weighted by Gasteiger charge is 2.24. The zero-order valence-corrected chi connectivity index (χ0v) is 12.7. The molecule has 0 radical (unpaired) electrons. The number of hydrogen-bond donors (Lipinski definition) is 1. The van der Waals surface area contributed by atoms with Crippen LogP contribution in [0.1, 0.15) is 32.7 Å².